The number of carbonyl (C=O) groups is 2. The summed E-state index contributed by atoms with van der Waals surface area (Å²) >= 11 is 6.40. The summed E-state index contributed by atoms with van der Waals surface area (Å²) < 4.78 is 13.5. The molecule has 3 aromatic rings. The Labute approximate surface area is 184 Å². The molecule has 0 unspecified atom stereocenters. The van der Waals surface area contributed by atoms with Crippen LogP contribution in [0.15, 0.2) is 56.8 Å². The van der Waals surface area contributed by atoms with Crippen molar-refractivity contribution in [1.29, 1.82) is 0 Å². The van der Waals surface area contributed by atoms with Crippen molar-refractivity contribution in [1.82, 2.24) is 4.57 Å². The minimum Gasteiger partial charge on any atom is -0.497 e. The third-order valence-electron chi connectivity index (χ3n) is 4.02. The van der Waals surface area contributed by atoms with Gasteiger partial charge < -0.3 is 14.0 Å². The van der Waals surface area contributed by atoms with Gasteiger partial charge in [-0.1, -0.05) is 27.3 Å². The number of thioether (sulfide) groups is 1. The molecule has 1 aromatic heterocycles. The molecule has 29 heavy (non-hydrogen) atoms. The van der Waals surface area contributed by atoms with Crippen LogP contribution in [0.4, 0.5) is 0 Å². The van der Waals surface area contributed by atoms with Crippen LogP contribution < -0.4 is 9.54 Å². The molecule has 0 atom stereocenters. The second-order valence-corrected chi connectivity index (χ2v) is 9.03. The maximum atomic E-state index is 12.4. The molecule has 0 bridgehead atoms. The maximum Gasteiger partial charge on any atom is 0.325 e. The highest BCUT2D eigenvalue weighted by atomic mass is 79.9. The van der Waals surface area contributed by atoms with E-state index in [1.807, 2.05) is 42.5 Å². The van der Waals surface area contributed by atoms with E-state index in [4.69, 9.17) is 9.47 Å². The van der Waals surface area contributed by atoms with E-state index in [1.165, 1.54) is 18.4 Å². The molecule has 0 saturated heterocycles. The van der Waals surface area contributed by atoms with Gasteiger partial charge in [0.25, 0.3) is 0 Å². The number of rotatable bonds is 7. The summed E-state index contributed by atoms with van der Waals surface area (Å²) in [5.41, 5.74) is 0.836. The summed E-state index contributed by atoms with van der Waals surface area (Å²) in [5, 5.41) is 0. The number of esters is 1. The van der Waals surface area contributed by atoms with E-state index in [1.54, 1.807) is 23.4 Å². The number of halogens is 1. The fourth-order valence-electron chi connectivity index (χ4n) is 2.57. The van der Waals surface area contributed by atoms with Gasteiger partial charge in [0.05, 0.1) is 24.4 Å². The monoisotopic (exact) mass is 494 g/mol. The maximum absolute atomic E-state index is 12.4. The van der Waals surface area contributed by atoms with Gasteiger partial charge >= 0.3 is 5.97 Å². The summed E-state index contributed by atoms with van der Waals surface area (Å²) in [6.07, 6.45) is 0.298. The molecule has 9 heteroatoms. The number of thiazole rings is 1. The normalized spacial score (nSPS) is 11.6. The van der Waals surface area contributed by atoms with E-state index < -0.39 is 5.97 Å². The van der Waals surface area contributed by atoms with E-state index in [0.717, 1.165) is 25.3 Å². The predicted molar refractivity (Wildman–Crippen MR) is 118 cm³/mol. The van der Waals surface area contributed by atoms with Gasteiger partial charge in [-0.15, -0.1) is 11.8 Å². The molecule has 1 heterocycles. The first-order valence-corrected chi connectivity index (χ1v) is 11.3. The molecule has 6 nitrogen and oxygen atoms in total. The van der Waals surface area contributed by atoms with Gasteiger partial charge in [-0.05, 0) is 42.5 Å². The zero-order valence-electron chi connectivity index (χ0n) is 15.9. The van der Waals surface area contributed by atoms with E-state index in [9.17, 15) is 9.59 Å². The highest BCUT2D eigenvalue weighted by Gasteiger charge is 2.12. The molecule has 2 aromatic carbocycles. The molecule has 0 saturated carbocycles. The number of fused-ring (bicyclic) bond motifs is 1. The molecular formula is C20H19BrN2O4S2. The van der Waals surface area contributed by atoms with Crippen LogP contribution in [0.1, 0.15) is 6.42 Å². The summed E-state index contributed by atoms with van der Waals surface area (Å²) in [4.78, 5) is 30.0. The summed E-state index contributed by atoms with van der Waals surface area (Å²) in [7, 11) is 2.97. The first-order valence-electron chi connectivity index (χ1n) is 8.70. The Morgan fingerprint density at radius 2 is 1.93 bits per heavy atom. The number of hydrogen-bond donors (Lipinski definition) is 0. The molecule has 152 valence electrons. The van der Waals surface area contributed by atoms with Crippen LogP contribution in [-0.2, 0) is 20.9 Å². The van der Waals surface area contributed by atoms with Gasteiger partial charge in [-0.2, -0.15) is 4.99 Å². The Kier molecular flexibility index (Phi) is 7.51. The van der Waals surface area contributed by atoms with Crippen LogP contribution in [-0.4, -0.2) is 36.4 Å². The van der Waals surface area contributed by atoms with E-state index >= 15 is 0 Å². The first kappa shape index (κ1) is 21.6. The molecule has 3 rings (SSSR count). The van der Waals surface area contributed by atoms with Crippen LogP contribution in [0.5, 0.6) is 5.75 Å². The van der Waals surface area contributed by atoms with Crippen LogP contribution in [0.2, 0.25) is 0 Å². The molecular weight excluding hydrogens is 476 g/mol. The summed E-state index contributed by atoms with van der Waals surface area (Å²) in [6, 6.07) is 13.4. The average Bonchev–Trinajstić information content (AvgIpc) is 3.04. The first-order chi connectivity index (χ1) is 14.0. The Morgan fingerprint density at radius 1 is 1.17 bits per heavy atom. The Hall–Kier alpha value is -2.10. The van der Waals surface area contributed by atoms with Gasteiger partial charge in [0.2, 0.25) is 5.91 Å². The number of benzene rings is 2. The van der Waals surface area contributed by atoms with Crippen molar-refractivity contribution in [3.8, 4) is 5.75 Å². The van der Waals surface area contributed by atoms with Crippen molar-refractivity contribution in [2.45, 2.75) is 17.9 Å². The highest BCUT2D eigenvalue weighted by Crippen LogP contribution is 2.23. The Bertz CT molecular complexity index is 1090. The highest BCUT2D eigenvalue weighted by molar-refractivity contribution is 9.10. The summed E-state index contributed by atoms with van der Waals surface area (Å²) in [6.45, 7) is 0.00481. The lowest BCUT2D eigenvalue weighted by molar-refractivity contribution is -0.141. The van der Waals surface area contributed by atoms with Crippen molar-refractivity contribution in [2.75, 3.05) is 20.0 Å². The van der Waals surface area contributed by atoms with E-state index in [0.29, 0.717) is 17.0 Å². The quantitative estimate of drug-likeness (QED) is 0.362. The van der Waals surface area contributed by atoms with Gasteiger partial charge in [0.1, 0.15) is 12.3 Å². The van der Waals surface area contributed by atoms with E-state index in [-0.39, 0.29) is 12.5 Å². The van der Waals surface area contributed by atoms with Crippen molar-refractivity contribution in [3.63, 3.8) is 0 Å². The fourth-order valence-corrected chi connectivity index (χ4v) is 5.01. The molecule has 0 aliphatic heterocycles. The Balaban J connectivity index is 1.75. The minimum absolute atomic E-state index is 0.00481. The van der Waals surface area contributed by atoms with Crippen LogP contribution >= 0.6 is 39.0 Å². The van der Waals surface area contributed by atoms with Crippen molar-refractivity contribution < 1.29 is 19.1 Å². The number of carbonyl (C=O) groups excluding carboxylic acids is 2. The number of aromatic nitrogens is 1. The zero-order chi connectivity index (χ0) is 20.8. The molecule has 0 radical (unpaired) electrons. The number of amides is 1. The SMILES string of the molecule is COC(=O)Cn1c(=NC(=O)CCSc2ccc(OC)cc2)sc2cc(Br)ccc21. The average molecular weight is 495 g/mol. The van der Waals surface area contributed by atoms with Gasteiger partial charge in [0.15, 0.2) is 4.80 Å². The molecule has 0 aliphatic carbocycles. The fraction of sp³-hybridized carbons (Fsp3) is 0.250. The lowest BCUT2D eigenvalue weighted by Gasteiger charge is -2.04. The number of ether oxygens (including phenoxy) is 2. The van der Waals surface area contributed by atoms with Crippen molar-refractivity contribution in [3.05, 3.63) is 51.7 Å². The Morgan fingerprint density at radius 3 is 2.62 bits per heavy atom. The largest absolute Gasteiger partial charge is 0.497 e. The molecule has 0 aliphatic rings. The molecule has 0 spiro atoms. The lowest BCUT2D eigenvalue weighted by atomic mass is 10.3. The van der Waals surface area contributed by atoms with Crippen LogP contribution in [0.3, 0.4) is 0 Å². The second kappa shape index (κ2) is 10.1. The number of hydrogen-bond acceptors (Lipinski definition) is 6. The lowest BCUT2D eigenvalue weighted by Crippen LogP contribution is -2.22. The van der Waals surface area contributed by atoms with Crippen molar-refractivity contribution in [2.24, 2.45) is 4.99 Å². The van der Waals surface area contributed by atoms with Gasteiger partial charge in [-0.3, -0.25) is 9.59 Å². The third kappa shape index (κ3) is 5.71. The van der Waals surface area contributed by atoms with Gasteiger partial charge in [0, 0.05) is 21.5 Å². The second-order valence-electron chi connectivity index (χ2n) is 5.94. The number of methoxy groups -OCH3 is 2. The van der Waals surface area contributed by atoms with Crippen LogP contribution in [0.25, 0.3) is 10.2 Å². The smallest absolute Gasteiger partial charge is 0.325 e. The topological polar surface area (TPSA) is 69.9 Å². The zero-order valence-corrected chi connectivity index (χ0v) is 19.1. The molecule has 0 N–H and O–H groups in total. The minimum atomic E-state index is -0.392. The van der Waals surface area contributed by atoms with Gasteiger partial charge in [-0.25, -0.2) is 0 Å². The molecule has 0 fully saturated rings. The van der Waals surface area contributed by atoms with Crippen LogP contribution in [0, 0.1) is 0 Å². The third-order valence-corrected chi connectivity index (χ3v) is 6.57. The molecule has 1 amide bonds. The van der Waals surface area contributed by atoms with Crippen molar-refractivity contribution >= 4 is 61.1 Å². The standard InChI is InChI=1S/C20H19BrN2O4S2/c1-26-14-4-6-15(7-5-14)28-10-9-18(24)22-20-23(12-19(25)27-2)16-8-3-13(21)11-17(16)29-20/h3-8,11H,9-10,12H2,1-2H3. The summed E-state index contributed by atoms with van der Waals surface area (Å²) in [5.74, 6) is 0.793. The predicted octanol–water partition coefficient (Wildman–Crippen LogP) is 4.26. The van der Waals surface area contributed by atoms with E-state index in [2.05, 4.69) is 20.9 Å². The number of nitrogens with zero attached hydrogens (tertiary/aromatic N) is 2.